The van der Waals surface area contributed by atoms with Crippen LogP contribution in [0, 0.1) is 12.3 Å². The van der Waals surface area contributed by atoms with Gasteiger partial charge in [-0.15, -0.1) is 6.42 Å². The Bertz CT molecular complexity index is 440. The standard InChI is InChI=1S/C14H17BrN2O/c1-3-7-11(4-2)16-10-14(18)17-13-9-6-5-8-12(13)15/h2,5-6,8-9,11,16H,3,7,10H2,1H3,(H,17,18). The zero-order chi connectivity index (χ0) is 13.4. The number of halogens is 1. The SMILES string of the molecule is C#CC(CCC)NCC(=O)Nc1ccccc1Br. The molecular weight excluding hydrogens is 292 g/mol. The summed E-state index contributed by atoms with van der Waals surface area (Å²) in [5.41, 5.74) is 0.761. The molecule has 0 heterocycles. The van der Waals surface area contributed by atoms with Gasteiger partial charge in [-0.2, -0.15) is 0 Å². The molecule has 0 fully saturated rings. The number of carbonyl (C=O) groups excluding carboxylic acids is 1. The highest BCUT2D eigenvalue weighted by atomic mass is 79.9. The van der Waals surface area contributed by atoms with Crippen LogP contribution in [0.2, 0.25) is 0 Å². The van der Waals surface area contributed by atoms with E-state index in [4.69, 9.17) is 6.42 Å². The Morgan fingerprint density at radius 2 is 2.22 bits per heavy atom. The first kappa shape index (κ1) is 14.7. The average Bonchev–Trinajstić information content (AvgIpc) is 2.37. The maximum absolute atomic E-state index is 11.7. The van der Waals surface area contributed by atoms with E-state index in [0.717, 1.165) is 23.0 Å². The lowest BCUT2D eigenvalue weighted by Gasteiger charge is -2.12. The van der Waals surface area contributed by atoms with Crippen LogP contribution in [0.15, 0.2) is 28.7 Å². The third kappa shape index (κ3) is 4.91. The smallest absolute Gasteiger partial charge is 0.238 e. The van der Waals surface area contributed by atoms with Gasteiger partial charge in [-0.3, -0.25) is 10.1 Å². The lowest BCUT2D eigenvalue weighted by Crippen LogP contribution is -2.35. The third-order valence-corrected chi connectivity index (χ3v) is 3.13. The first-order valence-corrected chi connectivity index (χ1v) is 6.70. The van der Waals surface area contributed by atoms with E-state index in [0.29, 0.717) is 0 Å². The van der Waals surface area contributed by atoms with E-state index in [1.807, 2.05) is 24.3 Å². The van der Waals surface area contributed by atoms with Crippen molar-refractivity contribution in [1.29, 1.82) is 0 Å². The molecule has 1 unspecified atom stereocenters. The maximum atomic E-state index is 11.7. The Kier molecular flexibility index (Phi) is 6.48. The fourth-order valence-corrected chi connectivity index (χ4v) is 1.89. The predicted molar refractivity (Wildman–Crippen MR) is 78.3 cm³/mol. The number of anilines is 1. The number of amides is 1. The molecule has 18 heavy (non-hydrogen) atoms. The molecule has 0 aliphatic carbocycles. The molecule has 1 aromatic rings. The fourth-order valence-electron chi connectivity index (χ4n) is 1.51. The van der Waals surface area contributed by atoms with Crippen molar-refractivity contribution in [1.82, 2.24) is 5.32 Å². The Balaban J connectivity index is 2.43. The second-order valence-electron chi connectivity index (χ2n) is 3.92. The van der Waals surface area contributed by atoms with E-state index in [-0.39, 0.29) is 18.5 Å². The summed E-state index contributed by atoms with van der Waals surface area (Å²) in [7, 11) is 0. The van der Waals surface area contributed by atoms with Gasteiger partial charge in [0.2, 0.25) is 5.91 Å². The summed E-state index contributed by atoms with van der Waals surface area (Å²) in [6.45, 7) is 2.28. The van der Waals surface area contributed by atoms with E-state index in [1.54, 1.807) is 0 Å². The molecule has 3 nitrogen and oxygen atoms in total. The van der Waals surface area contributed by atoms with Gasteiger partial charge in [0.1, 0.15) is 0 Å². The molecule has 1 aromatic carbocycles. The summed E-state index contributed by atoms with van der Waals surface area (Å²) in [6.07, 6.45) is 7.24. The van der Waals surface area contributed by atoms with Crippen LogP contribution in [0.3, 0.4) is 0 Å². The lowest BCUT2D eigenvalue weighted by atomic mass is 10.2. The molecule has 4 heteroatoms. The summed E-state index contributed by atoms with van der Waals surface area (Å²) in [5, 5.41) is 5.86. The van der Waals surface area contributed by atoms with E-state index >= 15 is 0 Å². The largest absolute Gasteiger partial charge is 0.324 e. The molecule has 0 saturated heterocycles. The van der Waals surface area contributed by atoms with Gasteiger partial charge in [-0.25, -0.2) is 0 Å². The minimum atomic E-state index is -0.0988. The van der Waals surface area contributed by atoms with Gasteiger partial charge in [0.15, 0.2) is 0 Å². The first-order valence-electron chi connectivity index (χ1n) is 5.91. The second kappa shape index (κ2) is 7.91. The maximum Gasteiger partial charge on any atom is 0.238 e. The molecule has 0 radical (unpaired) electrons. The molecule has 1 amide bonds. The van der Waals surface area contributed by atoms with Crippen molar-refractivity contribution in [3.63, 3.8) is 0 Å². The lowest BCUT2D eigenvalue weighted by molar-refractivity contribution is -0.115. The van der Waals surface area contributed by atoms with Crippen LogP contribution in [-0.4, -0.2) is 18.5 Å². The van der Waals surface area contributed by atoms with Crippen molar-refractivity contribution < 1.29 is 4.79 Å². The van der Waals surface area contributed by atoms with Gasteiger partial charge in [0, 0.05) is 4.47 Å². The van der Waals surface area contributed by atoms with Gasteiger partial charge >= 0.3 is 0 Å². The molecule has 0 saturated carbocycles. The summed E-state index contributed by atoms with van der Waals surface area (Å²) in [5.74, 6) is 2.53. The number of carbonyl (C=O) groups is 1. The van der Waals surface area contributed by atoms with E-state index < -0.39 is 0 Å². The molecular formula is C14H17BrN2O. The van der Waals surface area contributed by atoms with E-state index in [9.17, 15) is 4.79 Å². The second-order valence-corrected chi connectivity index (χ2v) is 4.77. The van der Waals surface area contributed by atoms with Crippen molar-refractivity contribution >= 4 is 27.5 Å². The van der Waals surface area contributed by atoms with Crippen molar-refractivity contribution in [3.8, 4) is 12.3 Å². The Morgan fingerprint density at radius 1 is 1.50 bits per heavy atom. The van der Waals surface area contributed by atoms with Gasteiger partial charge in [0.25, 0.3) is 0 Å². The molecule has 0 aromatic heterocycles. The number of nitrogens with one attached hydrogen (secondary N) is 2. The number of para-hydroxylation sites is 1. The van der Waals surface area contributed by atoms with Crippen LogP contribution in [0.1, 0.15) is 19.8 Å². The molecule has 2 N–H and O–H groups in total. The summed E-state index contributed by atoms with van der Waals surface area (Å²) < 4.78 is 0.861. The third-order valence-electron chi connectivity index (χ3n) is 2.44. The molecule has 0 bridgehead atoms. The van der Waals surface area contributed by atoms with Crippen molar-refractivity contribution in [2.75, 3.05) is 11.9 Å². The van der Waals surface area contributed by atoms with Crippen LogP contribution in [0.25, 0.3) is 0 Å². The number of hydrogen-bond acceptors (Lipinski definition) is 2. The normalized spacial score (nSPS) is 11.6. The van der Waals surface area contributed by atoms with Crippen LogP contribution < -0.4 is 10.6 Å². The fraction of sp³-hybridized carbons (Fsp3) is 0.357. The Morgan fingerprint density at radius 3 is 2.83 bits per heavy atom. The summed E-state index contributed by atoms with van der Waals surface area (Å²) in [4.78, 5) is 11.7. The Hall–Kier alpha value is -1.31. The van der Waals surface area contributed by atoms with Gasteiger partial charge in [0.05, 0.1) is 18.3 Å². The van der Waals surface area contributed by atoms with Crippen LogP contribution in [0.4, 0.5) is 5.69 Å². The monoisotopic (exact) mass is 308 g/mol. The highest BCUT2D eigenvalue weighted by Gasteiger charge is 2.08. The number of hydrogen-bond donors (Lipinski definition) is 2. The molecule has 1 atom stereocenters. The average molecular weight is 309 g/mol. The van der Waals surface area contributed by atoms with E-state index in [2.05, 4.69) is 39.4 Å². The predicted octanol–water partition coefficient (Wildman–Crippen LogP) is 2.78. The van der Waals surface area contributed by atoms with Crippen LogP contribution in [-0.2, 0) is 4.79 Å². The van der Waals surface area contributed by atoms with Gasteiger partial charge in [-0.1, -0.05) is 31.4 Å². The highest BCUT2D eigenvalue weighted by molar-refractivity contribution is 9.10. The zero-order valence-electron chi connectivity index (χ0n) is 10.4. The van der Waals surface area contributed by atoms with Gasteiger partial charge in [-0.05, 0) is 34.5 Å². The minimum Gasteiger partial charge on any atom is -0.324 e. The zero-order valence-corrected chi connectivity index (χ0v) is 12.0. The molecule has 96 valence electrons. The molecule has 0 spiro atoms. The Labute approximate surface area is 116 Å². The number of terminal acetylenes is 1. The summed E-state index contributed by atoms with van der Waals surface area (Å²) in [6, 6.07) is 7.44. The highest BCUT2D eigenvalue weighted by Crippen LogP contribution is 2.20. The van der Waals surface area contributed by atoms with Crippen molar-refractivity contribution in [3.05, 3.63) is 28.7 Å². The van der Waals surface area contributed by atoms with Crippen molar-refractivity contribution in [2.45, 2.75) is 25.8 Å². The first-order chi connectivity index (χ1) is 8.67. The quantitative estimate of drug-likeness (QED) is 0.793. The molecule has 0 aliphatic heterocycles. The van der Waals surface area contributed by atoms with Crippen LogP contribution >= 0.6 is 15.9 Å². The number of rotatable bonds is 6. The van der Waals surface area contributed by atoms with Gasteiger partial charge < -0.3 is 5.32 Å². The van der Waals surface area contributed by atoms with Crippen LogP contribution in [0.5, 0.6) is 0 Å². The molecule has 0 aliphatic rings. The van der Waals surface area contributed by atoms with E-state index in [1.165, 1.54) is 0 Å². The number of benzene rings is 1. The molecule has 1 rings (SSSR count). The topological polar surface area (TPSA) is 41.1 Å². The van der Waals surface area contributed by atoms with Crippen molar-refractivity contribution in [2.24, 2.45) is 0 Å². The minimum absolute atomic E-state index is 0.0417. The summed E-state index contributed by atoms with van der Waals surface area (Å²) >= 11 is 3.38.